The zero-order valence-electron chi connectivity index (χ0n) is 48.2. The van der Waals surface area contributed by atoms with Gasteiger partial charge in [0, 0.05) is 83.5 Å². The molecular weight excluding hydrogens is 1040 g/mol. The number of benzene rings is 1. The number of aliphatic hydroxyl groups is 3. The molecule has 20 atom stereocenters. The van der Waals surface area contributed by atoms with Gasteiger partial charge in [0.25, 0.3) is 0 Å². The van der Waals surface area contributed by atoms with Crippen molar-refractivity contribution in [1.82, 2.24) is 24.8 Å². The van der Waals surface area contributed by atoms with Gasteiger partial charge in [0.05, 0.1) is 64.8 Å². The standard InChI is InChI=1S/C55H88FN5O16S/c1-16-42-55(10)47(60(23-24-62)52(67)77-55)34(6)44(63)30(2)26-54(9,72-14)49(32(4)43(33(5)50(66)75-42)41-27-53(8,71-13)48(65)35(7)74-41)76-51-45(64)39(25-31(3)73-51)59(11)22-21-37-29-61(58-57-37)40(28-56)46(70-12)36-17-19-38(20-18-36)78(15,68)69/h17-20,29-35,39-43,45-49,51,62,64-65H,16,21-28H2,1-15H3/t30-,31-,32+,33-,34+,35+,39+,40-,41?,42-,43+,45-,46-,47-,48+,49-,51+,53-,54-,55-/m1/s1. The van der Waals surface area contributed by atoms with Crippen LogP contribution in [0.25, 0.3) is 0 Å². The average molecular weight is 1130 g/mol. The van der Waals surface area contributed by atoms with Crippen LogP contribution >= 0.6 is 0 Å². The third-order valence-corrected chi connectivity index (χ3v) is 18.9. The van der Waals surface area contributed by atoms with Gasteiger partial charge in [0.2, 0.25) is 0 Å². The number of halogens is 1. The van der Waals surface area contributed by atoms with Gasteiger partial charge in [-0.05, 0) is 84.5 Å². The van der Waals surface area contributed by atoms with E-state index in [0.717, 1.165) is 6.26 Å². The number of β-amino-alcohol motifs (C(OH)–C–C–N with tert-alkyl or cyclic N) is 1. The Balaban J connectivity index is 1.33. The lowest BCUT2D eigenvalue weighted by Gasteiger charge is -2.52. The highest BCUT2D eigenvalue weighted by molar-refractivity contribution is 7.90. The molecule has 4 aliphatic heterocycles. The summed E-state index contributed by atoms with van der Waals surface area (Å²) < 4.78 is 91.5. The van der Waals surface area contributed by atoms with Crippen LogP contribution in [0.4, 0.5) is 9.18 Å². The van der Waals surface area contributed by atoms with Gasteiger partial charge in [-0.15, -0.1) is 5.10 Å². The minimum Gasteiger partial charge on any atom is -0.458 e. The van der Waals surface area contributed by atoms with E-state index < -0.39 is 155 Å². The van der Waals surface area contributed by atoms with Crippen molar-refractivity contribution < 1.29 is 80.4 Å². The van der Waals surface area contributed by atoms with Gasteiger partial charge < -0.3 is 58.1 Å². The van der Waals surface area contributed by atoms with Crippen LogP contribution in [0.5, 0.6) is 0 Å². The van der Waals surface area contributed by atoms with Gasteiger partial charge in [0.15, 0.2) is 21.7 Å². The second kappa shape index (κ2) is 25.6. The molecule has 442 valence electrons. The summed E-state index contributed by atoms with van der Waals surface area (Å²) in [6, 6.07) is 3.70. The highest BCUT2D eigenvalue weighted by Gasteiger charge is 2.61. The van der Waals surface area contributed by atoms with E-state index in [1.54, 1.807) is 66.8 Å². The van der Waals surface area contributed by atoms with E-state index in [4.69, 9.17) is 37.9 Å². The molecule has 3 N–H and O–H groups in total. The molecule has 0 radical (unpaired) electrons. The van der Waals surface area contributed by atoms with Crippen LogP contribution in [-0.4, -0.2) is 205 Å². The highest BCUT2D eigenvalue weighted by Crippen LogP contribution is 2.47. The molecule has 0 bridgehead atoms. The first kappa shape index (κ1) is 63.4. The predicted molar refractivity (Wildman–Crippen MR) is 282 cm³/mol. The normalized spacial score (nSPS) is 38.3. The molecule has 5 heterocycles. The average Bonchev–Trinajstić information content (AvgIpc) is 3.98. The molecule has 1 aromatic carbocycles. The summed E-state index contributed by atoms with van der Waals surface area (Å²) in [5.74, 6) is -4.90. The van der Waals surface area contributed by atoms with Crippen LogP contribution in [-0.2, 0) is 63.7 Å². The summed E-state index contributed by atoms with van der Waals surface area (Å²) in [5.41, 5.74) is -2.84. The Bertz CT molecular complexity index is 2460. The topological polar surface area (TPSA) is 257 Å². The molecule has 21 nitrogen and oxygen atoms in total. The number of aromatic nitrogens is 3. The molecule has 4 aliphatic rings. The number of carbonyl (C=O) groups excluding carboxylic acids is 3. The van der Waals surface area contributed by atoms with E-state index in [2.05, 4.69) is 10.3 Å². The number of cyclic esters (lactones) is 1. The number of rotatable bonds is 18. The van der Waals surface area contributed by atoms with Crippen LogP contribution in [0.1, 0.15) is 118 Å². The van der Waals surface area contributed by atoms with Crippen molar-refractivity contribution in [3.8, 4) is 0 Å². The van der Waals surface area contributed by atoms with Crippen molar-refractivity contribution in [3.05, 3.63) is 41.7 Å². The Kier molecular flexibility index (Phi) is 20.8. The number of aliphatic hydroxyl groups excluding tert-OH is 3. The molecule has 6 rings (SSSR count). The maximum Gasteiger partial charge on any atom is 0.411 e. The molecule has 23 heteroatoms. The summed E-state index contributed by atoms with van der Waals surface area (Å²) >= 11 is 0. The highest BCUT2D eigenvalue weighted by atomic mass is 32.2. The first-order valence-corrected chi connectivity index (χ1v) is 29.2. The van der Waals surface area contributed by atoms with Gasteiger partial charge in [-0.1, -0.05) is 52.0 Å². The minimum atomic E-state index is -3.45. The summed E-state index contributed by atoms with van der Waals surface area (Å²) in [5, 5.41) is 42.6. The molecule has 1 aromatic heterocycles. The fourth-order valence-corrected chi connectivity index (χ4v) is 13.8. The lowest BCUT2D eigenvalue weighted by atomic mass is 9.67. The number of fused-ring (bicyclic) bond motifs is 1. The van der Waals surface area contributed by atoms with Crippen molar-refractivity contribution in [2.45, 2.75) is 196 Å². The zero-order valence-corrected chi connectivity index (χ0v) is 49.1. The smallest absolute Gasteiger partial charge is 0.411 e. The number of alkyl halides is 1. The molecule has 1 unspecified atom stereocenters. The number of nitrogens with zero attached hydrogens (tertiary/aromatic N) is 5. The minimum absolute atomic E-state index is 0.0747. The number of ether oxygens (including phenoxy) is 8. The Morgan fingerprint density at radius 3 is 2.18 bits per heavy atom. The van der Waals surface area contributed by atoms with Crippen molar-refractivity contribution >= 4 is 27.7 Å². The number of hydrogen-bond acceptors (Lipinski definition) is 19. The van der Waals surface area contributed by atoms with E-state index in [1.807, 2.05) is 32.7 Å². The largest absolute Gasteiger partial charge is 0.458 e. The van der Waals surface area contributed by atoms with Crippen LogP contribution in [0, 0.1) is 29.6 Å². The molecule has 0 aliphatic carbocycles. The van der Waals surface area contributed by atoms with Crippen molar-refractivity contribution in [3.63, 3.8) is 0 Å². The van der Waals surface area contributed by atoms with Crippen LogP contribution in [0.15, 0.2) is 35.4 Å². The molecule has 2 aromatic rings. The van der Waals surface area contributed by atoms with E-state index in [-0.39, 0.29) is 36.5 Å². The second-order valence-electron chi connectivity index (χ2n) is 23.1. The number of amides is 1. The van der Waals surface area contributed by atoms with Gasteiger partial charge in [-0.25, -0.2) is 22.3 Å². The van der Waals surface area contributed by atoms with Crippen molar-refractivity contribution in [2.75, 3.05) is 61.0 Å². The van der Waals surface area contributed by atoms with E-state index >= 15 is 4.79 Å². The third kappa shape index (κ3) is 13.0. The SMILES string of the molecule is CC[C@H]1OC(=O)[C@H](C)[C@@H](C2C[C@@](C)(OC)[C@@H](O)[C@H](C)O2)[C@H](C)[C@@H](O[C@@H]2O[C@H](C)C[C@H](N(C)CCc3cn([C@H](CF)[C@H](OC)c4ccc(S(C)(=O)=O)cc4)nn3)[C@H]2O)[C@](C)(OC)C[C@@H](C)C(=O)[C@H](C)[C@H]2N(CCO)C(=O)O[C@]12C. The number of hydrogen-bond donors (Lipinski definition) is 3. The fourth-order valence-electron chi connectivity index (χ4n) is 13.2. The maximum atomic E-state index is 15.0. The summed E-state index contributed by atoms with van der Waals surface area (Å²) in [4.78, 5) is 47.1. The summed E-state index contributed by atoms with van der Waals surface area (Å²) in [6.07, 6.45) is -5.15. The Morgan fingerprint density at radius 2 is 1.60 bits per heavy atom. The number of ketones is 1. The van der Waals surface area contributed by atoms with Crippen LogP contribution in [0.2, 0.25) is 0 Å². The summed E-state index contributed by atoms with van der Waals surface area (Å²) in [7, 11) is 2.88. The molecule has 1 amide bonds. The number of Topliss-reactive ketones (excluding diaryl/α,β-unsaturated/α-hetero) is 1. The van der Waals surface area contributed by atoms with Gasteiger partial charge in [0.1, 0.15) is 42.9 Å². The zero-order chi connectivity index (χ0) is 58.0. The predicted octanol–water partition coefficient (Wildman–Crippen LogP) is 4.68. The quantitative estimate of drug-likeness (QED) is 0.171. The molecule has 78 heavy (non-hydrogen) atoms. The van der Waals surface area contributed by atoms with Crippen LogP contribution in [0.3, 0.4) is 0 Å². The molecule has 0 spiro atoms. The fraction of sp³-hybridized carbons (Fsp3) is 0.800. The lowest BCUT2D eigenvalue weighted by molar-refractivity contribution is -0.305. The lowest BCUT2D eigenvalue weighted by Crippen LogP contribution is -2.63. The number of methoxy groups -OCH3 is 3. The monoisotopic (exact) mass is 1130 g/mol. The Labute approximate surface area is 459 Å². The first-order chi connectivity index (χ1) is 36.6. The number of esters is 1. The third-order valence-electron chi connectivity index (χ3n) is 17.7. The van der Waals surface area contributed by atoms with Crippen molar-refractivity contribution in [1.29, 1.82) is 0 Å². The van der Waals surface area contributed by atoms with Gasteiger partial charge in [-0.3, -0.25) is 14.5 Å². The molecular formula is C55H88FN5O16S. The maximum absolute atomic E-state index is 15.0. The Hall–Kier alpha value is -3.75. The number of sulfone groups is 1. The number of likely N-dealkylation sites (N-methyl/N-ethyl adjacent to an activating group) is 1. The molecule has 4 fully saturated rings. The van der Waals surface area contributed by atoms with Gasteiger partial charge >= 0.3 is 12.1 Å². The molecule has 4 saturated heterocycles. The number of carbonyl (C=O) groups is 3. The van der Waals surface area contributed by atoms with Gasteiger partial charge in [-0.2, -0.15) is 0 Å². The Morgan fingerprint density at radius 1 is 0.949 bits per heavy atom. The van der Waals surface area contributed by atoms with E-state index in [9.17, 15) is 37.7 Å². The van der Waals surface area contributed by atoms with Crippen molar-refractivity contribution in [2.24, 2.45) is 29.6 Å². The summed E-state index contributed by atoms with van der Waals surface area (Å²) in [6.45, 7) is 16.9. The second-order valence-corrected chi connectivity index (χ2v) is 25.2. The first-order valence-electron chi connectivity index (χ1n) is 27.3. The van der Waals surface area contributed by atoms with E-state index in [1.165, 1.54) is 43.0 Å². The molecule has 0 saturated carbocycles. The van der Waals surface area contributed by atoms with E-state index in [0.29, 0.717) is 30.6 Å². The van der Waals surface area contributed by atoms with Crippen LogP contribution < -0.4 is 0 Å².